The summed E-state index contributed by atoms with van der Waals surface area (Å²) >= 11 is 0. The molecule has 0 atom stereocenters. The Morgan fingerprint density at radius 3 is 2.65 bits per heavy atom. The van der Waals surface area contributed by atoms with E-state index in [9.17, 15) is 0 Å². The second-order valence-electron chi connectivity index (χ2n) is 6.61. The van der Waals surface area contributed by atoms with Crippen molar-refractivity contribution < 1.29 is 0 Å². The smallest absolute Gasteiger partial charge is 0.225 e. The number of nitrogens with zero attached hydrogens (tertiary/aromatic N) is 3. The maximum atomic E-state index is 4.82. The molecular weight excluding hydrogens is 320 g/mol. The molecule has 1 N–H and O–H groups in total. The van der Waals surface area contributed by atoms with Gasteiger partial charge in [0.1, 0.15) is 5.82 Å². The summed E-state index contributed by atoms with van der Waals surface area (Å²) in [6, 6.07) is 21.1. The molecule has 0 unspecified atom stereocenters. The zero-order chi connectivity index (χ0) is 17.8. The minimum atomic E-state index is 0.700. The highest BCUT2D eigenvalue weighted by Crippen LogP contribution is 2.34. The lowest BCUT2D eigenvalue weighted by Crippen LogP contribution is -2.25. The minimum Gasteiger partial charge on any atom is -0.354 e. The number of rotatable bonds is 5. The van der Waals surface area contributed by atoms with Crippen molar-refractivity contribution in [2.45, 2.75) is 26.2 Å². The molecule has 1 aliphatic heterocycles. The summed E-state index contributed by atoms with van der Waals surface area (Å²) in [6.45, 7) is 4.00. The van der Waals surface area contributed by atoms with Crippen LogP contribution in [0.1, 0.15) is 25.3 Å². The van der Waals surface area contributed by atoms with Crippen molar-refractivity contribution in [3.05, 3.63) is 66.2 Å². The molecule has 2 aromatic carbocycles. The topological polar surface area (TPSA) is 41.1 Å². The highest BCUT2D eigenvalue weighted by Gasteiger charge is 2.20. The number of aromatic nitrogens is 2. The molecule has 132 valence electrons. The summed E-state index contributed by atoms with van der Waals surface area (Å²) in [7, 11) is 0. The van der Waals surface area contributed by atoms with Crippen LogP contribution in [0, 0.1) is 0 Å². The van der Waals surface area contributed by atoms with Gasteiger partial charge in [0, 0.05) is 30.4 Å². The average Bonchev–Trinajstić information content (AvgIpc) is 2.72. The number of hydrogen-bond acceptors (Lipinski definition) is 4. The monoisotopic (exact) mass is 344 g/mol. The number of benzene rings is 2. The minimum absolute atomic E-state index is 0.700. The first-order valence-electron chi connectivity index (χ1n) is 9.39. The first-order chi connectivity index (χ1) is 12.8. The first kappa shape index (κ1) is 16.6. The summed E-state index contributed by atoms with van der Waals surface area (Å²) in [5.74, 6) is 1.66. The standard InChI is InChI=1S/C22H24N4/c1-2-14-23-22-24-19(17-9-4-3-5-10-17)16-21(25-22)26-15-8-12-18-11-6-7-13-20(18)26/h3-7,9-11,13,16H,2,8,12,14-15H2,1H3,(H,23,24,25). The van der Waals surface area contributed by atoms with Gasteiger partial charge in [0.05, 0.1) is 5.69 Å². The zero-order valence-corrected chi connectivity index (χ0v) is 15.2. The molecule has 26 heavy (non-hydrogen) atoms. The number of hydrogen-bond donors (Lipinski definition) is 1. The lowest BCUT2D eigenvalue weighted by atomic mass is 10.0. The Morgan fingerprint density at radius 2 is 1.81 bits per heavy atom. The third-order valence-corrected chi connectivity index (χ3v) is 4.70. The summed E-state index contributed by atoms with van der Waals surface area (Å²) in [5, 5.41) is 3.36. The maximum Gasteiger partial charge on any atom is 0.225 e. The van der Waals surface area contributed by atoms with Crippen LogP contribution in [-0.2, 0) is 6.42 Å². The van der Waals surface area contributed by atoms with Gasteiger partial charge in [-0.05, 0) is 30.9 Å². The van der Waals surface area contributed by atoms with Gasteiger partial charge in [0.15, 0.2) is 0 Å². The normalized spacial score (nSPS) is 13.3. The molecule has 0 saturated heterocycles. The van der Waals surface area contributed by atoms with Crippen LogP contribution in [0.4, 0.5) is 17.5 Å². The summed E-state index contributed by atoms with van der Waals surface area (Å²) < 4.78 is 0. The van der Waals surface area contributed by atoms with Crippen LogP contribution >= 0.6 is 0 Å². The number of fused-ring (bicyclic) bond motifs is 1. The van der Waals surface area contributed by atoms with Crippen molar-refractivity contribution in [3.8, 4) is 11.3 Å². The Kier molecular flexibility index (Phi) is 4.82. The molecular formula is C22H24N4. The molecule has 0 bridgehead atoms. The van der Waals surface area contributed by atoms with Crippen molar-refractivity contribution in [3.63, 3.8) is 0 Å². The second kappa shape index (κ2) is 7.56. The van der Waals surface area contributed by atoms with Gasteiger partial charge in [-0.15, -0.1) is 0 Å². The molecule has 0 amide bonds. The van der Waals surface area contributed by atoms with Crippen LogP contribution in [0.15, 0.2) is 60.7 Å². The maximum absolute atomic E-state index is 4.82. The van der Waals surface area contributed by atoms with Crippen LogP contribution in [0.3, 0.4) is 0 Å². The van der Waals surface area contributed by atoms with E-state index in [-0.39, 0.29) is 0 Å². The Bertz CT molecular complexity index is 876. The van der Waals surface area contributed by atoms with E-state index in [1.54, 1.807) is 0 Å². The van der Waals surface area contributed by atoms with E-state index in [1.807, 2.05) is 18.2 Å². The number of para-hydroxylation sites is 1. The molecule has 4 rings (SSSR count). The molecule has 2 heterocycles. The molecule has 0 fully saturated rings. The predicted octanol–water partition coefficient (Wildman–Crippen LogP) is 5.05. The van der Waals surface area contributed by atoms with E-state index in [1.165, 1.54) is 11.3 Å². The van der Waals surface area contributed by atoms with Gasteiger partial charge in [-0.2, -0.15) is 4.98 Å². The Balaban J connectivity index is 1.78. The van der Waals surface area contributed by atoms with E-state index >= 15 is 0 Å². The quantitative estimate of drug-likeness (QED) is 0.703. The zero-order valence-electron chi connectivity index (χ0n) is 15.2. The van der Waals surface area contributed by atoms with Gasteiger partial charge in [0.2, 0.25) is 5.95 Å². The van der Waals surface area contributed by atoms with Crippen LogP contribution in [-0.4, -0.2) is 23.1 Å². The fraction of sp³-hybridized carbons (Fsp3) is 0.273. The molecule has 0 spiro atoms. The largest absolute Gasteiger partial charge is 0.354 e. The van der Waals surface area contributed by atoms with Crippen LogP contribution in [0.2, 0.25) is 0 Å². The molecule has 3 aromatic rings. The third kappa shape index (κ3) is 3.40. The van der Waals surface area contributed by atoms with Crippen molar-refractivity contribution in [1.82, 2.24) is 9.97 Å². The molecule has 0 aliphatic carbocycles. The van der Waals surface area contributed by atoms with Crippen LogP contribution in [0.5, 0.6) is 0 Å². The van der Waals surface area contributed by atoms with Gasteiger partial charge in [-0.1, -0.05) is 55.5 Å². The van der Waals surface area contributed by atoms with Gasteiger partial charge in [-0.3, -0.25) is 0 Å². The van der Waals surface area contributed by atoms with E-state index in [2.05, 4.69) is 59.6 Å². The van der Waals surface area contributed by atoms with E-state index < -0.39 is 0 Å². The summed E-state index contributed by atoms with van der Waals surface area (Å²) in [6.07, 6.45) is 3.31. The third-order valence-electron chi connectivity index (χ3n) is 4.70. The van der Waals surface area contributed by atoms with Gasteiger partial charge in [-0.25, -0.2) is 4.98 Å². The first-order valence-corrected chi connectivity index (χ1v) is 9.39. The Labute approximate surface area is 154 Å². The molecule has 4 nitrogen and oxygen atoms in total. The number of nitrogens with one attached hydrogen (secondary N) is 1. The SMILES string of the molecule is CCCNc1nc(-c2ccccc2)cc(N2CCCc3ccccc32)n1. The second-order valence-corrected chi connectivity index (χ2v) is 6.61. The van der Waals surface area contributed by atoms with Crippen molar-refractivity contribution in [1.29, 1.82) is 0 Å². The van der Waals surface area contributed by atoms with Crippen LogP contribution < -0.4 is 10.2 Å². The molecule has 0 radical (unpaired) electrons. The van der Waals surface area contributed by atoms with Gasteiger partial charge >= 0.3 is 0 Å². The highest BCUT2D eigenvalue weighted by atomic mass is 15.2. The molecule has 4 heteroatoms. The average molecular weight is 344 g/mol. The van der Waals surface area contributed by atoms with E-state index in [0.29, 0.717) is 5.95 Å². The Morgan fingerprint density at radius 1 is 1.00 bits per heavy atom. The fourth-order valence-electron chi connectivity index (χ4n) is 3.42. The van der Waals surface area contributed by atoms with Gasteiger partial charge in [0.25, 0.3) is 0 Å². The number of aryl methyl sites for hydroxylation is 1. The van der Waals surface area contributed by atoms with Crippen molar-refractivity contribution in [2.24, 2.45) is 0 Å². The predicted molar refractivity (Wildman–Crippen MR) is 108 cm³/mol. The number of anilines is 3. The molecule has 1 aliphatic rings. The molecule has 0 saturated carbocycles. The van der Waals surface area contributed by atoms with Crippen molar-refractivity contribution in [2.75, 3.05) is 23.3 Å². The van der Waals surface area contributed by atoms with Crippen LogP contribution in [0.25, 0.3) is 11.3 Å². The molecule has 1 aromatic heterocycles. The summed E-state index contributed by atoms with van der Waals surface area (Å²) in [4.78, 5) is 11.9. The van der Waals surface area contributed by atoms with Gasteiger partial charge < -0.3 is 10.2 Å². The fourth-order valence-corrected chi connectivity index (χ4v) is 3.42. The van der Waals surface area contributed by atoms with Crippen molar-refractivity contribution >= 4 is 17.5 Å². The highest BCUT2D eigenvalue weighted by molar-refractivity contribution is 5.71. The summed E-state index contributed by atoms with van der Waals surface area (Å²) in [5.41, 5.74) is 4.72. The van der Waals surface area contributed by atoms with E-state index in [0.717, 1.165) is 49.4 Å². The van der Waals surface area contributed by atoms with E-state index in [4.69, 9.17) is 9.97 Å². The lowest BCUT2D eigenvalue weighted by molar-refractivity contribution is 0.758. The lowest BCUT2D eigenvalue weighted by Gasteiger charge is -2.30. The Hall–Kier alpha value is -2.88.